The van der Waals surface area contributed by atoms with Crippen molar-refractivity contribution in [2.75, 3.05) is 24.6 Å². The van der Waals surface area contributed by atoms with E-state index in [2.05, 4.69) is 17.4 Å². The van der Waals surface area contributed by atoms with E-state index >= 15 is 0 Å². The fraction of sp³-hybridized carbons (Fsp3) is 0.600. The molecule has 1 atom stereocenters. The van der Waals surface area contributed by atoms with Crippen LogP contribution in [-0.2, 0) is 9.84 Å². The molecule has 1 aromatic rings. The number of hydrogen-bond acceptors (Lipinski definition) is 3. The van der Waals surface area contributed by atoms with Crippen molar-refractivity contribution in [1.29, 1.82) is 0 Å². The second kappa shape index (κ2) is 5.32. The molecule has 2 heterocycles. The van der Waals surface area contributed by atoms with Gasteiger partial charge in [0.1, 0.15) is 9.84 Å². The highest BCUT2D eigenvalue weighted by Crippen LogP contribution is 2.48. The van der Waals surface area contributed by atoms with Gasteiger partial charge in [0, 0.05) is 17.5 Å². The molecule has 1 unspecified atom stereocenters. The first-order valence-corrected chi connectivity index (χ1v) is 9.37. The maximum atomic E-state index is 11.7. The Labute approximate surface area is 125 Å². The highest BCUT2D eigenvalue weighted by molar-refractivity contribution is 7.91. The van der Waals surface area contributed by atoms with Crippen LogP contribution >= 0.6 is 11.6 Å². The Kier molecular flexibility index (Phi) is 3.82. The van der Waals surface area contributed by atoms with Crippen molar-refractivity contribution in [1.82, 2.24) is 5.32 Å². The van der Waals surface area contributed by atoms with Gasteiger partial charge in [0.05, 0.1) is 11.5 Å². The lowest BCUT2D eigenvalue weighted by Gasteiger charge is -2.47. The molecule has 0 aliphatic carbocycles. The van der Waals surface area contributed by atoms with Gasteiger partial charge in [0.2, 0.25) is 0 Å². The Morgan fingerprint density at radius 3 is 2.40 bits per heavy atom. The molecule has 2 aliphatic heterocycles. The number of halogens is 1. The van der Waals surface area contributed by atoms with E-state index in [0.717, 1.165) is 37.4 Å². The molecular weight excluding hydrogens is 294 g/mol. The molecular formula is C15H20ClNO2S. The third-order valence-electron chi connectivity index (χ3n) is 4.98. The van der Waals surface area contributed by atoms with Crippen LogP contribution in [0.15, 0.2) is 24.3 Å². The van der Waals surface area contributed by atoms with Crippen LogP contribution < -0.4 is 5.32 Å². The van der Waals surface area contributed by atoms with Gasteiger partial charge in [0.25, 0.3) is 0 Å². The SMILES string of the molecule is O=S1(=O)CCC2(CCNCC2c2ccc(Cl)cc2)CC1. The lowest BCUT2D eigenvalue weighted by atomic mass is 9.64. The normalized spacial score (nSPS) is 28.4. The fourth-order valence-corrected chi connectivity index (χ4v) is 5.45. The summed E-state index contributed by atoms with van der Waals surface area (Å²) in [6.45, 7) is 1.92. The molecule has 0 saturated carbocycles. The summed E-state index contributed by atoms with van der Waals surface area (Å²) < 4.78 is 23.5. The van der Waals surface area contributed by atoms with Gasteiger partial charge in [-0.1, -0.05) is 23.7 Å². The summed E-state index contributed by atoms with van der Waals surface area (Å²) in [4.78, 5) is 0. The molecule has 3 rings (SSSR count). The second-order valence-corrected chi connectivity index (χ2v) is 8.81. The Hall–Kier alpha value is -0.580. The quantitative estimate of drug-likeness (QED) is 0.867. The first-order chi connectivity index (χ1) is 9.51. The number of benzene rings is 1. The largest absolute Gasteiger partial charge is 0.316 e. The van der Waals surface area contributed by atoms with Crippen LogP contribution in [0.3, 0.4) is 0 Å². The molecule has 0 bridgehead atoms. The van der Waals surface area contributed by atoms with Crippen molar-refractivity contribution >= 4 is 21.4 Å². The zero-order valence-electron chi connectivity index (χ0n) is 11.4. The molecule has 110 valence electrons. The van der Waals surface area contributed by atoms with E-state index in [-0.39, 0.29) is 5.41 Å². The van der Waals surface area contributed by atoms with E-state index in [9.17, 15) is 8.42 Å². The van der Waals surface area contributed by atoms with E-state index in [1.165, 1.54) is 5.56 Å². The van der Waals surface area contributed by atoms with Gasteiger partial charge < -0.3 is 5.32 Å². The van der Waals surface area contributed by atoms with Crippen LogP contribution in [0.4, 0.5) is 0 Å². The van der Waals surface area contributed by atoms with E-state index in [4.69, 9.17) is 11.6 Å². The molecule has 0 aromatic heterocycles. The van der Waals surface area contributed by atoms with Gasteiger partial charge in [-0.05, 0) is 48.9 Å². The average molecular weight is 314 g/mol. The van der Waals surface area contributed by atoms with Crippen molar-refractivity contribution in [3.8, 4) is 0 Å². The molecule has 2 aliphatic rings. The van der Waals surface area contributed by atoms with Gasteiger partial charge in [-0.3, -0.25) is 0 Å². The van der Waals surface area contributed by atoms with Gasteiger partial charge in [-0.25, -0.2) is 8.42 Å². The standard InChI is InChI=1S/C15H20ClNO2S/c16-13-3-1-12(2-4-13)14-11-17-8-5-15(14)6-9-20(18,19)10-7-15/h1-4,14,17H,5-11H2. The van der Waals surface area contributed by atoms with Crippen molar-refractivity contribution in [2.24, 2.45) is 5.41 Å². The third-order valence-corrected chi connectivity index (χ3v) is 6.89. The molecule has 2 saturated heterocycles. The zero-order chi connectivity index (χ0) is 14.2. The highest BCUT2D eigenvalue weighted by Gasteiger charge is 2.44. The highest BCUT2D eigenvalue weighted by atomic mass is 35.5. The van der Waals surface area contributed by atoms with Crippen LogP contribution in [0.2, 0.25) is 5.02 Å². The molecule has 0 radical (unpaired) electrons. The smallest absolute Gasteiger partial charge is 0.150 e. The minimum absolute atomic E-state index is 0.143. The predicted octanol–water partition coefficient (Wildman–Crippen LogP) is 2.61. The Morgan fingerprint density at radius 2 is 1.75 bits per heavy atom. The Balaban J connectivity index is 1.89. The maximum absolute atomic E-state index is 11.7. The summed E-state index contributed by atoms with van der Waals surface area (Å²) in [5, 5.41) is 4.21. The molecule has 0 amide bonds. The molecule has 3 nitrogen and oxygen atoms in total. The maximum Gasteiger partial charge on any atom is 0.150 e. The van der Waals surface area contributed by atoms with Gasteiger partial charge in [-0.2, -0.15) is 0 Å². The van der Waals surface area contributed by atoms with Crippen LogP contribution in [0.1, 0.15) is 30.7 Å². The van der Waals surface area contributed by atoms with Crippen LogP contribution in [0.25, 0.3) is 0 Å². The first-order valence-electron chi connectivity index (χ1n) is 7.17. The van der Waals surface area contributed by atoms with E-state index in [0.29, 0.717) is 17.4 Å². The lowest BCUT2D eigenvalue weighted by Crippen LogP contribution is -2.47. The number of hydrogen-bond donors (Lipinski definition) is 1. The second-order valence-electron chi connectivity index (χ2n) is 6.07. The summed E-state index contributed by atoms with van der Waals surface area (Å²) in [5.74, 6) is 1.08. The van der Waals surface area contributed by atoms with Gasteiger partial charge in [0.15, 0.2) is 0 Å². The number of nitrogens with one attached hydrogen (secondary N) is 1. The topological polar surface area (TPSA) is 46.2 Å². The summed E-state index contributed by atoms with van der Waals surface area (Å²) in [6.07, 6.45) is 2.66. The van der Waals surface area contributed by atoms with Crippen molar-refractivity contribution in [3.05, 3.63) is 34.9 Å². The van der Waals surface area contributed by atoms with E-state index < -0.39 is 9.84 Å². The molecule has 2 fully saturated rings. The average Bonchev–Trinajstić information content (AvgIpc) is 2.44. The molecule has 1 aromatic carbocycles. The summed E-state index contributed by atoms with van der Waals surface area (Å²) in [5.41, 5.74) is 1.42. The Bertz CT molecular complexity index is 568. The van der Waals surface area contributed by atoms with Gasteiger partial charge >= 0.3 is 0 Å². The monoisotopic (exact) mass is 313 g/mol. The van der Waals surface area contributed by atoms with Gasteiger partial charge in [-0.15, -0.1) is 0 Å². The first kappa shape index (κ1) is 14.4. The van der Waals surface area contributed by atoms with Crippen LogP contribution in [0.5, 0.6) is 0 Å². The van der Waals surface area contributed by atoms with E-state index in [1.54, 1.807) is 0 Å². The molecule has 5 heteroatoms. The minimum atomic E-state index is -2.81. The van der Waals surface area contributed by atoms with Crippen LogP contribution in [-0.4, -0.2) is 33.0 Å². The number of rotatable bonds is 1. The lowest BCUT2D eigenvalue weighted by molar-refractivity contribution is 0.144. The minimum Gasteiger partial charge on any atom is -0.316 e. The zero-order valence-corrected chi connectivity index (χ0v) is 13.0. The summed E-state index contributed by atoms with van der Waals surface area (Å²) in [7, 11) is -2.81. The van der Waals surface area contributed by atoms with E-state index in [1.807, 2.05) is 12.1 Å². The van der Waals surface area contributed by atoms with Crippen LogP contribution in [0, 0.1) is 5.41 Å². The number of sulfone groups is 1. The predicted molar refractivity (Wildman–Crippen MR) is 82.0 cm³/mol. The summed E-state index contributed by atoms with van der Waals surface area (Å²) in [6, 6.07) is 8.03. The fourth-order valence-electron chi connectivity index (χ4n) is 3.68. The molecule has 20 heavy (non-hydrogen) atoms. The third kappa shape index (κ3) is 2.74. The van der Waals surface area contributed by atoms with Crippen molar-refractivity contribution in [3.63, 3.8) is 0 Å². The Morgan fingerprint density at radius 1 is 1.10 bits per heavy atom. The number of piperidine rings is 1. The van der Waals surface area contributed by atoms with Crippen molar-refractivity contribution in [2.45, 2.75) is 25.2 Å². The molecule has 1 N–H and O–H groups in total. The molecule has 1 spiro atoms. The van der Waals surface area contributed by atoms with Crippen molar-refractivity contribution < 1.29 is 8.42 Å². The summed E-state index contributed by atoms with van der Waals surface area (Å²) >= 11 is 5.97.